The Balaban J connectivity index is 2.66. The van der Waals surface area contributed by atoms with Crippen molar-refractivity contribution in [3.63, 3.8) is 0 Å². The lowest BCUT2D eigenvalue weighted by Gasteiger charge is -2.31. The van der Waals surface area contributed by atoms with E-state index in [9.17, 15) is 9.59 Å². The maximum atomic E-state index is 12.1. The number of methoxy groups -OCH3 is 1. The Hall–Kier alpha value is -1.14. The predicted octanol–water partition coefficient (Wildman–Crippen LogP) is 1.37. The van der Waals surface area contributed by atoms with Gasteiger partial charge in [-0.2, -0.15) is 0 Å². The maximum absolute atomic E-state index is 12.1. The molecule has 1 aliphatic heterocycles. The molecule has 1 fully saturated rings. The van der Waals surface area contributed by atoms with Crippen LogP contribution in [-0.2, 0) is 23.8 Å². The SMILES string of the molecule is CCOC(=O)C(CC)N(CCC(=O)OC)CC1CCCO1. The van der Waals surface area contributed by atoms with E-state index in [0.29, 0.717) is 26.1 Å². The van der Waals surface area contributed by atoms with Gasteiger partial charge in [0.05, 0.1) is 26.2 Å². The molecule has 1 aliphatic rings. The second-order valence-electron chi connectivity index (χ2n) is 5.13. The minimum Gasteiger partial charge on any atom is -0.469 e. The van der Waals surface area contributed by atoms with E-state index in [1.165, 1.54) is 7.11 Å². The summed E-state index contributed by atoms with van der Waals surface area (Å²) >= 11 is 0. The standard InChI is InChI=1S/C15H27NO5/c1-4-13(15(18)20-5-2)16(9-8-14(17)19-3)11-12-7-6-10-21-12/h12-13H,4-11H2,1-3H3. The van der Waals surface area contributed by atoms with Crippen LogP contribution in [0.5, 0.6) is 0 Å². The van der Waals surface area contributed by atoms with Gasteiger partial charge in [0.15, 0.2) is 0 Å². The zero-order valence-corrected chi connectivity index (χ0v) is 13.3. The number of ether oxygens (including phenoxy) is 3. The third-order valence-electron chi connectivity index (χ3n) is 3.68. The molecule has 1 rings (SSSR count). The van der Waals surface area contributed by atoms with Gasteiger partial charge in [-0.25, -0.2) is 0 Å². The van der Waals surface area contributed by atoms with Gasteiger partial charge in [-0.05, 0) is 26.2 Å². The van der Waals surface area contributed by atoms with Crippen molar-refractivity contribution in [3.05, 3.63) is 0 Å². The molecule has 0 bridgehead atoms. The number of carbonyl (C=O) groups excluding carboxylic acids is 2. The van der Waals surface area contributed by atoms with Gasteiger partial charge in [-0.15, -0.1) is 0 Å². The Morgan fingerprint density at radius 1 is 1.38 bits per heavy atom. The Labute approximate surface area is 126 Å². The zero-order chi connectivity index (χ0) is 15.7. The van der Waals surface area contributed by atoms with Crippen molar-refractivity contribution in [2.24, 2.45) is 0 Å². The van der Waals surface area contributed by atoms with Gasteiger partial charge in [0.25, 0.3) is 0 Å². The van der Waals surface area contributed by atoms with Gasteiger partial charge in [0, 0.05) is 19.7 Å². The van der Waals surface area contributed by atoms with E-state index >= 15 is 0 Å². The van der Waals surface area contributed by atoms with E-state index in [4.69, 9.17) is 9.47 Å². The topological polar surface area (TPSA) is 65.1 Å². The third kappa shape index (κ3) is 6.01. The fraction of sp³-hybridized carbons (Fsp3) is 0.867. The summed E-state index contributed by atoms with van der Waals surface area (Å²) in [5.41, 5.74) is 0. The van der Waals surface area contributed by atoms with Gasteiger partial charge in [0.2, 0.25) is 0 Å². The fourth-order valence-electron chi connectivity index (χ4n) is 2.57. The van der Waals surface area contributed by atoms with Gasteiger partial charge < -0.3 is 14.2 Å². The summed E-state index contributed by atoms with van der Waals surface area (Å²) in [7, 11) is 1.37. The van der Waals surface area contributed by atoms with Crippen LogP contribution in [0.2, 0.25) is 0 Å². The normalized spacial score (nSPS) is 19.5. The van der Waals surface area contributed by atoms with Crippen LogP contribution in [-0.4, -0.2) is 62.4 Å². The molecule has 0 amide bonds. The highest BCUT2D eigenvalue weighted by Crippen LogP contribution is 2.17. The Morgan fingerprint density at radius 3 is 2.67 bits per heavy atom. The molecule has 6 heteroatoms. The van der Waals surface area contributed by atoms with Gasteiger partial charge in [-0.3, -0.25) is 14.5 Å². The predicted molar refractivity (Wildman–Crippen MR) is 77.9 cm³/mol. The molecule has 0 spiro atoms. The number of rotatable bonds is 9. The largest absolute Gasteiger partial charge is 0.469 e. The van der Waals surface area contributed by atoms with Crippen molar-refractivity contribution in [1.82, 2.24) is 4.90 Å². The van der Waals surface area contributed by atoms with Crippen molar-refractivity contribution in [1.29, 1.82) is 0 Å². The number of esters is 2. The molecule has 0 aliphatic carbocycles. The first-order valence-electron chi connectivity index (χ1n) is 7.71. The van der Waals surface area contributed by atoms with Crippen molar-refractivity contribution >= 4 is 11.9 Å². The van der Waals surface area contributed by atoms with E-state index in [1.807, 2.05) is 11.8 Å². The Bertz CT molecular complexity index is 328. The molecule has 0 aromatic rings. The lowest BCUT2D eigenvalue weighted by atomic mass is 10.1. The molecule has 1 saturated heterocycles. The molecule has 2 unspecified atom stereocenters. The molecule has 1 heterocycles. The lowest BCUT2D eigenvalue weighted by Crippen LogP contribution is -2.46. The molecule has 2 atom stereocenters. The first-order chi connectivity index (χ1) is 10.1. The molecule has 6 nitrogen and oxygen atoms in total. The Kier molecular flexibility index (Phi) is 8.30. The molecule has 0 radical (unpaired) electrons. The minimum absolute atomic E-state index is 0.131. The van der Waals surface area contributed by atoms with E-state index < -0.39 is 0 Å². The molecule has 21 heavy (non-hydrogen) atoms. The van der Waals surface area contributed by atoms with Crippen LogP contribution in [0.15, 0.2) is 0 Å². The summed E-state index contributed by atoms with van der Waals surface area (Å²) in [5, 5.41) is 0. The number of nitrogens with zero attached hydrogens (tertiary/aromatic N) is 1. The average Bonchev–Trinajstić information content (AvgIpc) is 2.98. The minimum atomic E-state index is -0.334. The molecular formula is C15H27NO5. The van der Waals surface area contributed by atoms with E-state index in [1.54, 1.807) is 6.92 Å². The summed E-state index contributed by atoms with van der Waals surface area (Å²) in [5.74, 6) is -0.506. The van der Waals surface area contributed by atoms with E-state index in [-0.39, 0.29) is 30.5 Å². The highest BCUT2D eigenvalue weighted by molar-refractivity contribution is 5.76. The number of carbonyl (C=O) groups is 2. The third-order valence-corrected chi connectivity index (χ3v) is 3.68. The first kappa shape index (κ1) is 17.9. The van der Waals surface area contributed by atoms with Crippen LogP contribution in [0.3, 0.4) is 0 Å². The molecule has 0 aromatic carbocycles. The van der Waals surface area contributed by atoms with Gasteiger partial charge in [0.1, 0.15) is 6.04 Å². The monoisotopic (exact) mass is 301 g/mol. The summed E-state index contributed by atoms with van der Waals surface area (Å²) < 4.78 is 15.5. The molecule has 122 valence electrons. The van der Waals surface area contributed by atoms with E-state index in [2.05, 4.69) is 4.74 Å². The van der Waals surface area contributed by atoms with Crippen LogP contribution in [0.25, 0.3) is 0 Å². The number of hydrogen-bond acceptors (Lipinski definition) is 6. The highest BCUT2D eigenvalue weighted by atomic mass is 16.5. The summed E-state index contributed by atoms with van der Waals surface area (Å²) in [6.45, 7) is 6.00. The average molecular weight is 301 g/mol. The van der Waals surface area contributed by atoms with E-state index in [0.717, 1.165) is 19.4 Å². The maximum Gasteiger partial charge on any atom is 0.323 e. The van der Waals surface area contributed by atoms with Crippen LogP contribution in [0.1, 0.15) is 39.5 Å². The summed E-state index contributed by atoms with van der Waals surface area (Å²) in [6.07, 6.45) is 3.08. The summed E-state index contributed by atoms with van der Waals surface area (Å²) in [6, 6.07) is -0.334. The molecular weight excluding hydrogens is 274 g/mol. The van der Waals surface area contributed by atoms with Gasteiger partial charge in [-0.1, -0.05) is 6.92 Å². The first-order valence-corrected chi connectivity index (χ1v) is 7.71. The Morgan fingerprint density at radius 2 is 2.14 bits per heavy atom. The highest BCUT2D eigenvalue weighted by Gasteiger charge is 2.29. The van der Waals surface area contributed by atoms with Crippen LogP contribution >= 0.6 is 0 Å². The fourth-order valence-corrected chi connectivity index (χ4v) is 2.57. The van der Waals surface area contributed by atoms with Crippen LogP contribution in [0, 0.1) is 0 Å². The molecule has 0 saturated carbocycles. The second-order valence-corrected chi connectivity index (χ2v) is 5.13. The zero-order valence-electron chi connectivity index (χ0n) is 13.3. The molecule has 0 aromatic heterocycles. The smallest absolute Gasteiger partial charge is 0.323 e. The second kappa shape index (κ2) is 9.73. The van der Waals surface area contributed by atoms with Crippen LogP contribution in [0.4, 0.5) is 0 Å². The van der Waals surface area contributed by atoms with Crippen molar-refractivity contribution in [3.8, 4) is 0 Å². The lowest BCUT2D eigenvalue weighted by molar-refractivity contribution is -0.151. The van der Waals surface area contributed by atoms with Crippen molar-refractivity contribution in [2.75, 3.05) is 33.4 Å². The van der Waals surface area contributed by atoms with Crippen molar-refractivity contribution in [2.45, 2.75) is 51.7 Å². The summed E-state index contributed by atoms with van der Waals surface area (Å²) in [4.78, 5) is 25.4. The van der Waals surface area contributed by atoms with Gasteiger partial charge >= 0.3 is 11.9 Å². The van der Waals surface area contributed by atoms with Crippen LogP contribution < -0.4 is 0 Å². The number of hydrogen-bond donors (Lipinski definition) is 0. The quantitative estimate of drug-likeness (QED) is 0.599. The van der Waals surface area contributed by atoms with Crippen molar-refractivity contribution < 1.29 is 23.8 Å². The molecule has 0 N–H and O–H groups in total.